The van der Waals surface area contributed by atoms with E-state index in [9.17, 15) is 23.7 Å². The minimum absolute atomic E-state index is 0.275. The normalized spacial score (nSPS) is 18.5. The van der Waals surface area contributed by atoms with Gasteiger partial charge in [0.25, 0.3) is 5.92 Å². The molecule has 0 aromatic carbocycles. The van der Waals surface area contributed by atoms with Crippen molar-refractivity contribution in [2.24, 2.45) is 0 Å². The van der Waals surface area contributed by atoms with Crippen molar-refractivity contribution in [1.82, 2.24) is 4.98 Å². The molecule has 1 saturated heterocycles. The number of hydrogen-bond acceptors (Lipinski definition) is 4. The maximum atomic E-state index is 13.4. The summed E-state index contributed by atoms with van der Waals surface area (Å²) in [4.78, 5) is 26.4. The second-order valence-electron chi connectivity index (χ2n) is 4.39. The number of pyridine rings is 1. The lowest BCUT2D eigenvalue weighted by Gasteiger charge is -2.31. The number of hydrogen-bond donors (Lipinski definition) is 0. The van der Waals surface area contributed by atoms with Crippen molar-refractivity contribution in [3.05, 3.63) is 27.9 Å². The second-order valence-corrected chi connectivity index (χ2v) is 4.39. The number of carbonyl (C=O) groups is 1. The molecule has 1 aliphatic heterocycles. The van der Waals surface area contributed by atoms with Crippen molar-refractivity contribution in [2.75, 3.05) is 11.4 Å². The van der Waals surface area contributed by atoms with Gasteiger partial charge in [-0.25, -0.2) is 13.8 Å². The van der Waals surface area contributed by atoms with Crippen LogP contribution < -0.4 is 4.90 Å². The number of rotatable bonds is 2. The number of nitro groups is 1. The Kier molecular flexibility index (Phi) is 3.17. The van der Waals surface area contributed by atoms with Crippen molar-refractivity contribution in [3.63, 3.8) is 0 Å². The third kappa shape index (κ3) is 2.51. The number of alkyl halides is 2. The Balaban J connectivity index is 2.49. The fourth-order valence-corrected chi connectivity index (χ4v) is 1.98. The van der Waals surface area contributed by atoms with Crippen molar-refractivity contribution < 1.29 is 18.5 Å². The molecule has 0 radical (unpaired) electrons. The van der Waals surface area contributed by atoms with E-state index < -0.39 is 35.4 Å². The van der Waals surface area contributed by atoms with Crippen LogP contribution in [-0.2, 0) is 4.79 Å². The van der Waals surface area contributed by atoms with Crippen molar-refractivity contribution in [1.29, 1.82) is 0 Å². The van der Waals surface area contributed by atoms with E-state index in [1.165, 1.54) is 19.2 Å². The number of carbonyl (C=O) groups excluding carboxylic acids is 1. The van der Waals surface area contributed by atoms with Gasteiger partial charge in [0.2, 0.25) is 11.7 Å². The van der Waals surface area contributed by atoms with Crippen LogP contribution in [0.3, 0.4) is 0 Å². The first kappa shape index (κ1) is 13.3. The predicted molar refractivity (Wildman–Crippen MR) is 62.2 cm³/mol. The van der Waals surface area contributed by atoms with Crippen LogP contribution in [-0.4, -0.2) is 28.3 Å². The third-order valence-electron chi connectivity index (χ3n) is 2.94. The molecule has 0 N–H and O–H groups in total. The first-order valence-electron chi connectivity index (χ1n) is 5.60. The zero-order valence-corrected chi connectivity index (χ0v) is 10.1. The summed E-state index contributed by atoms with van der Waals surface area (Å²) in [6, 6.07) is 1.40. The topological polar surface area (TPSA) is 76.3 Å². The fourth-order valence-electron chi connectivity index (χ4n) is 1.98. The van der Waals surface area contributed by atoms with Crippen LogP contribution in [0.5, 0.6) is 0 Å². The Labute approximate surface area is 107 Å². The van der Waals surface area contributed by atoms with Crippen LogP contribution in [0, 0.1) is 17.0 Å². The van der Waals surface area contributed by atoms with Crippen LogP contribution in [0.1, 0.15) is 18.4 Å². The van der Waals surface area contributed by atoms with Gasteiger partial charge in [0.15, 0.2) is 0 Å². The molecule has 102 valence electrons. The van der Waals surface area contributed by atoms with Gasteiger partial charge < -0.3 is 0 Å². The average molecular weight is 271 g/mol. The molecule has 2 rings (SSSR count). The maximum Gasteiger partial charge on any atom is 0.314 e. The van der Waals surface area contributed by atoms with Crippen LogP contribution in [0.15, 0.2) is 12.3 Å². The monoisotopic (exact) mass is 271 g/mol. The summed E-state index contributed by atoms with van der Waals surface area (Å²) < 4.78 is 26.7. The molecule has 6 nitrogen and oxygen atoms in total. The molecule has 1 amide bonds. The highest BCUT2D eigenvalue weighted by Crippen LogP contribution is 2.35. The fraction of sp³-hybridized carbons (Fsp3) is 0.455. The molecule has 2 heterocycles. The number of halogens is 2. The molecule has 0 atom stereocenters. The Bertz CT molecular complexity index is 548. The molecule has 1 aromatic heterocycles. The molecule has 0 aliphatic carbocycles. The molecule has 1 fully saturated rings. The Morgan fingerprint density at radius 3 is 2.84 bits per heavy atom. The molecule has 8 heteroatoms. The molecule has 1 aromatic rings. The lowest BCUT2D eigenvalue weighted by atomic mass is 10.1. The number of nitrogens with zero attached hydrogens (tertiary/aromatic N) is 3. The summed E-state index contributed by atoms with van der Waals surface area (Å²) in [7, 11) is 0. The summed E-state index contributed by atoms with van der Waals surface area (Å²) in [5, 5.41) is 11.0. The number of aromatic nitrogens is 1. The van der Waals surface area contributed by atoms with E-state index in [1.54, 1.807) is 0 Å². The van der Waals surface area contributed by atoms with E-state index in [0.717, 1.165) is 0 Å². The SMILES string of the molecule is Cc1ccnc(N2CC(F)(F)CCC2=O)c1[N+](=O)[O-]. The molecule has 0 spiro atoms. The summed E-state index contributed by atoms with van der Waals surface area (Å²) in [5.41, 5.74) is -0.134. The Hall–Kier alpha value is -2.12. The van der Waals surface area contributed by atoms with Crippen LogP contribution in [0.2, 0.25) is 0 Å². The van der Waals surface area contributed by atoms with Crippen LogP contribution in [0.25, 0.3) is 0 Å². The lowest BCUT2D eigenvalue weighted by molar-refractivity contribution is -0.384. The molecular weight excluding hydrogens is 260 g/mol. The van der Waals surface area contributed by atoms with Gasteiger partial charge in [-0.15, -0.1) is 0 Å². The maximum absolute atomic E-state index is 13.4. The number of anilines is 1. The van der Waals surface area contributed by atoms with Gasteiger partial charge in [-0.3, -0.25) is 19.8 Å². The first-order chi connectivity index (χ1) is 8.82. The number of aryl methyl sites for hydroxylation is 1. The van der Waals surface area contributed by atoms with Gasteiger partial charge >= 0.3 is 5.69 Å². The van der Waals surface area contributed by atoms with E-state index in [4.69, 9.17) is 0 Å². The molecule has 0 unspecified atom stereocenters. The third-order valence-corrected chi connectivity index (χ3v) is 2.94. The summed E-state index contributed by atoms with van der Waals surface area (Å²) in [5.74, 6) is -3.94. The number of amides is 1. The zero-order valence-electron chi connectivity index (χ0n) is 10.1. The smallest absolute Gasteiger partial charge is 0.285 e. The van der Waals surface area contributed by atoms with Gasteiger partial charge in [0.05, 0.1) is 11.5 Å². The van der Waals surface area contributed by atoms with E-state index in [2.05, 4.69) is 4.98 Å². The Morgan fingerprint density at radius 2 is 2.21 bits per heavy atom. The summed E-state index contributed by atoms with van der Waals surface area (Å²) in [6.45, 7) is 0.596. The van der Waals surface area contributed by atoms with E-state index >= 15 is 0 Å². The largest absolute Gasteiger partial charge is 0.314 e. The second kappa shape index (κ2) is 4.52. The van der Waals surface area contributed by atoms with Gasteiger partial charge in [-0.2, -0.15) is 0 Å². The van der Waals surface area contributed by atoms with Crippen molar-refractivity contribution in [3.8, 4) is 0 Å². The first-order valence-corrected chi connectivity index (χ1v) is 5.60. The van der Waals surface area contributed by atoms with Gasteiger partial charge in [0.1, 0.15) is 0 Å². The Morgan fingerprint density at radius 1 is 1.53 bits per heavy atom. The molecular formula is C11H11F2N3O3. The molecule has 1 aliphatic rings. The lowest BCUT2D eigenvalue weighted by Crippen LogP contribution is -2.46. The minimum atomic E-state index is -3.05. The molecule has 19 heavy (non-hydrogen) atoms. The van der Waals surface area contributed by atoms with Crippen molar-refractivity contribution >= 4 is 17.4 Å². The summed E-state index contributed by atoms with van der Waals surface area (Å²) in [6.07, 6.45) is 0.374. The highest BCUT2D eigenvalue weighted by Gasteiger charge is 2.42. The van der Waals surface area contributed by atoms with Gasteiger partial charge in [0, 0.05) is 24.6 Å². The highest BCUT2D eigenvalue weighted by molar-refractivity contribution is 5.95. The quantitative estimate of drug-likeness (QED) is 0.609. The van der Waals surface area contributed by atoms with Gasteiger partial charge in [-0.1, -0.05) is 0 Å². The van der Waals surface area contributed by atoms with Crippen molar-refractivity contribution in [2.45, 2.75) is 25.7 Å². The minimum Gasteiger partial charge on any atom is -0.285 e. The van der Waals surface area contributed by atoms with Gasteiger partial charge in [-0.05, 0) is 13.0 Å². The molecule has 0 bridgehead atoms. The number of piperidine rings is 1. The van der Waals surface area contributed by atoms with Crippen LogP contribution >= 0.6 is 0 Å². The highest BCUT2D eigenvalue weighted by atomic mass is 19.3. The summed E-state index contributed by atoms with van der Waals surface area (Å²) >= 11 is 0. The van der Waals surface area contributed by atoms with E-state index in [-0.39, 0.29) is 17.8 Å². The standard InChI is InChI=1S/C11H11F2N3O3/c1-7-3-5-14-10(9(7)16(18)19)15-6-11(12,13)4-2-8(15)17/h3,5H,2,4,6H2,1H3. The predicted octanol–water partition coefficient (Wildman–Crippen LogP) is 2.06. The van der Waals surface area contributed by atoms with Crippen LogP contribution in [0.4, 0.5) is 20.3 Å². The average Bonchev–Trinajstić information content (AvgIpc) is 2.31. The zero-order chi connectivity index (χ0) is 14.2. The van der Waals surface area contributed by atoms with E-state index in [0.29, 0.717) is 4.90 Å². The molecule has 0 saturated carbocycles. The van der Waals surface area contributed by atoms with E-state index in [1.807, 2.05) is 0 Å².